The Morgan fingerprint density at radius 1 is 1.22 bits per heavy atom. The lowest BCUT2D eigenvalue weighted by Crippen LogP contribution is -2.43. The third-order valence-electron chi connectivity index (χ3n) is 4.57. The van der Waals surface area contributed by atoms with E-state index in [1.54, 1.807) is 0 Å². The van der Waals surface area contributed by atoms with Crippen LogP contribution < -0.4 is 10.6 Å². The van der Waals surface area contributed by atoms with Crippen LogP contribution in [0.25, 0.3) is 0 Å². The summed E-state index contributed by atoms with van der Waals surface area (Å²) in [6.45, 7) is 1.76. The van der Waals surface area contributed by atoms with Gasteiger partial charge in [-0.15, -0.1) is 0 Å². The van der Waals surface area contributed by atoms with Crippen LogP contribution in [-0.2, 0) is 6.54 Å². The van der Waals surface area contributed by atoms with Gasteiger partial charge in [0, 0.05) is 29.8 Å². The molecule has 1 aromatic rings. The van der Waals surface area contributed by atoms with Gasteiger partial charge in [-0.25, -0.2) is 0 Å². The second-order valence-electron chi connectivity index (χ2n) is 5.57. The van der Waals surface area contributed by atoms with Crippen LogP contribution in [0.1, 0.15) is 37.7 Å². The highest BCUT2D eigenvalue weighted by atomic mass is 35.5. The molecule has 18 heavy (non-hydrogen) atoms. The normalized spacial score (nSPS) is 27.3. The number of piperidine rings is 1. The molecule has 0 spiro atoms. The highest BCUT2D eigenvalue weighted by Gasteiger charge is 2.35. The molecule has 0 amide bonds. The molecule has 2 aliphatic rings. The van der Waals surface area contributed by atoms with Crippen molar-refractivity contribution < 1.29 is 0 Å². The van der Waals surface area contributed by atoms with Crippen LogP contribution in [0.3, 0.4) is 0 Å². The van der Waals surface area contributed by atoms with Gasteiger partial charge in [-0.2, -0.15) is 0 Å². The molecule has 2 unspecified atom stereocenters. The number of nitrogens with zero attached hydrogens (tertiary/aromatic N) is 1. The van der Waals surface area contributed by atoms with E-state index in [9.17, 15) is 0 Å². The highest BCUT2D eigenvalue weighted by molar-refractivity contribution is 6.30. The predicted molar refractivity (Wildman–Crippen MR) is 77.1 cm³/mol. The van der Waals surface area contributed by atoms with Crippen LogP contribution in [0.15, 0.2) is 18.2 Å². The second-order valence-corrected chi connectivity index (χ2v) is 6.01. The molecule has 3 heteroatoms. The molecular formula is C15H21ClN2. The summed E-state index contributed by atoms with van der Waals surface area (Å²) in [5.41, 5.74) is 8.38. The zero-order valence-corrected chi connectivity index (χ0v) is 11.5. The van der Waals surface area contributed by atoms with Crippen LogP contribution in [0.5, 0.6) is 0 Å². The minimum Gasteiger partial charge on any atom is -0.368 e. The standard InChI is InChI=1S/C15H21ClN2/c16-13-7-6-12(10-17)15(9-13)18-8-2-4-11-3-1-5-14(11)18/h6-7,9,11,14H,1-5,8,10,17H2. The Kier molecular flexibility index (Phi) is 3.49. The Balaban J connectivity index is 1.95. The third-order valence-corrected chi connectivity index (χ3v) is 4.81. The number of rotatable bonds is 2. The van der Waals surface area contributed by atoms with Gasteiger partial charge < -0.3 is 10.6 Å². The molecule has 0 bridgehead atoms. The number of fused-ring (bicyclic) bond motifs is 1. The quantitative estimate of drug-likeness (QED) is 0.885. The van der Waals surface area contributed by atoms with E-state index in [1.807, 2.05) is 6.07 Å². The van der Waals surface area contributed by atoms with Gasteiger partial charge in [-0.1, -0.05) is 24.1 Å². The fraction of sp³-hybridized carbons (Fsp3) is 0.600. The molecule has 1 heterocycles. The second kappa shape index (κ2) is 5.10. The maximum absolute atomic E-state index is 6.17. The molecule has 3 rings (SSSR count). The van der Waals surface area contributed by atoms with E-state index in [-0.39, 0.29) is 0 Å². The van der Waals surface area contributed by atoms with Gasteiger partial charge in [0.25, 0.3) is 0 Å². The summed E-state index contributed by atoms with van der Waals surface area (Å²) in [6.07, 6.45) is 6.82. The van der Waals surface area contributed by atoms with Crippen LogP contribution >= 0.6 is 11.6 Å². The Bertz CT molecular complexity index is 433. The zero-order chi connectivity index (χ0) is 12.5. The van der Waals surface area contributed by atoms with E-state index in [0.717, 1.165) is 23.5 Å². The number of nitrogens with two attached hydrogens (primary N) is 1. The first-order chi connectivity index (χ1) is 8.79. The van der Waals surface area contributed by atoms with E-state index in [1.165, 1.54) is 43.4 Å². The molecule has 1 saturated carbocycles. The topological polar surface area (TPSA) is 29.3 Å². The van der Waals surface area contributed by atoms with Gasteiger partial charge in [0.1, 0.15) is 0 Å². The lowest BCUT2D eigenvalue weighted by atomic mass is 9.91. The molecule has 1 saturated heterocycles. The summed E-state index contributed by atoms with van der Waals surface area (Å²) in [4.78, 5) is 2.58. The van der Waals surface area contributed by atoms with Crippen molar-refractivity contribution >= 4 is 17.3 Å². The third kappa shape index (κ3) is 2.12. The van der Waals surface area contributed by atoms with Crippen LogP contribution in [0, 0.1) is 5.92 Å². The molecule has 1 aromatic carbocycles. The number of hydrogen-bond donors (Lipinski definition) is 1. The highest BCUT2D eigenvalue weighted by Crippen LogP contribution is 2.40. The van der Waals surface area contributed by atoms with Crippen molar-refractivity contribution in [1.82, 2.24) is 0 Å². The van der Waals surface area contributed by atoms with Crippen molar-refractivity contribution in [2.45, 2.75) is 44.7 Å². The molecule has 2 nitrogen and oxygen atoms in total. The van der Waals surface area contributed by atoms with E-state index < -0.39 is 0 Å². The molecule has 2 fully saturated rings. The smallest absolute Gasteiger partial charge is 0.0429 e. The Labute approximate surface area is 114 Å². The van der Waals surface area contributed by atoms with E-state index in [0.29, 0.717) is 6.54 Å². The molecule has 2 atom stereocenters. The van der Waals surface area contributed by atoms with Gasteiger partial charge >= 0.3 is 0 Å². The molecule has 2 N–H and O–H groups in total. The molecule has 1 aliphatic heterocycles. The maximum atomic E-state index is 6.17. The predicted octanol–water partition coefficient (Wildman–Crippen LogP) is 3.57. The first-order valence-electron chi connectivity index (χ1n) is 7.04. The minimum absolute atomic E-state index is 0.598. The average molecular weight is 265 g/mol. The number of hydrogen-bond acceptors (Lipinski definition) is 2. The number of halogens is 1. The Hall–Kier alpha value is -0.730. The number of anilines is 1. The van der Waals surface area contributed by atoms with E-state index in [4.69, 9.17) is 17.3 Å². The summed E-state index contributed by atoms with van der Waals surface area (Å²) < 4.78 is 0. The van der Waals surface area contributed by atoms with Gasteiger partial charge in [0.15, 0.2) is 0 Å². The summed E-state index contributed by atoms with van der Waals surface area (Å²) in [5, 5.41) is 0.822. The first-order valence-corrected chi connectivity index (χ1v) is 7.42. The van der Waals surface area contributed by atoms with Gasteiger partial charge in [0.05, 0.1) is 0 Å². The maximum Gasteiger partial charge on any atom is 0.0429 e. The van der Waals surface area contributed by atoms with Crippen molar-refractivity contribution in [2.75, 3.05) is 11.4 Å². The molecule has 98 valence electrons. The molecule has 1 aliphatic carbocycles. The fourth-order valence-electron chi connectivity index (χ4n) is 3.73. The van der Waals surface area contributed by atoms with E-state index in [2.05, 4.69) is 17.0 Å². The lowest BCUT2D eigenvalue weighted by Gasteiger charge is -2.40. The Morgan fingerprint density at radius 3 is 2.89 bits per heavy atom. The lowest BCUT2D eigenvalue weighted by molar-refractivity contribution is 0.362. The minimum atomic E-state index is 0.598. The number of benzene rings is 1. The fourth-order valence-corrected chi connectivity index (χ4v) is 3.90. The van der Waals surface area contributed by atoms with Crippen molar-refractivity contribution in [2.24, 2.45) is 11.7 Å². The van der Waals surface area contributed by atoms with Crippen LogP contribution in [-0.4, -0.2) is 12.6 Å². The average Bonchev–Trinajstić information content (AvgIpc) is 2.86. The largest absolute Gasteiger partial charge is 0.368 e. The van der Waals surface area contributed by atoms with Gasteiger partial charge in [0.2, 0.25) is 0 Å². The van der Waals surface area contributed by atoms with Crippen molar-refractivity contribution in [3.8, 4) is 0 Å². The molecule has 0 aromatic heterocycles. The monoisotopic (exact) mass is 264 g/mol. The SMILES string of the molecule is NCc1ccc(Cl)cc1N1CCCC2CCCC21. The van der Waals surface area contributed by atoms with Crippen molar-refractivity contribution in [3.05, 3.63) is 28.8 Å². The molecule has 0 radical (unpaired) electrons. The van der Waals surface area contributed by atoms with Crippen molar-refractivity contribution in [3.63, 3.8) is 0 Å². The summed E-state index contributed by atoms with van der Waals surface area (Å²) >= 11 is 6.17. The van der Waals surface area contributed by atoms with Gasteiger partial charge in [-0.05, 0) is 49.3 Å². The van der Waals surface area contributed by atoms with E-state index >= 15 is 0 Å². The zero-order valence-electron chi connectivity index (χ0n) is 10.7. The summed E-state index contributed by atoms with van der Waals surface area (Å²) in [6, 6.07) is 6.85. The molecular weight excluding hydrogens is 244 g/mol. The van der Waals surface area contributed by atoms with Gasteiger partial charge in [-0.3, -0.25) is 0 Å². The first kappa shape index (κ1) is 12.3. The van der Waals surface area contributed by atoms with Crippen LogP contribution in [0.4, 0.5) is 5.69 Å². The summed E-state index contributed by atoms with van der Waals surface area (Å²) in [7, 11) is 0. The van der Waals surface area contributed by atoms with Crippen molar-refractivity contribution in [1.29, 1.82) is 0 Å². The van der Waals surface area contributed by atoms with Crippen LogP contribution in [0.2, 0.25) is 5.02 Å². The summed E-state index contributed by atoms with van der Waals surface area (Å²) in [5.74, 6) is 0.892. The Morgan fingerprint density at radius 2 is 2.06 bits per heavy atom.